The zero-order valence-electron chi connectivity index (χ0n) is 9.15. The van der Waals surface area contributed by atoms with Crippen molar-refractivity contribution in [3.8, 4) is 0 Å². The Morgan fingerprint density at radius 1 is 1.06 bits per heavy atom. The zero-order valence-corrected chi connectivity index (χ0v) is 12.5. The Bertz CT molecular complexity index is 557. The standard InChI is InChI=1S/C12H10O2S4/c13-18(14)10-6-7-11(17-15)12(8-10)16-9-4-2-1-3-5-9/h1-8,15H,(H,13,14). The first kappa shape index (κ1) is 14.0. The van der Waals surface area contributed by atoms with Gasteiger partial charge in [0.05, 0.1) is 4.90 Å². The largest absolute Gasteiger partial charge is 0.302 e. The SMILES string of the molecule is O=S(O)c1ccc(SS)c(Sc2ccccc2)c1. The van der Waals surface area contributed by atoms with Crippen LogP contribution in [0.1, 0.15) is 0 Å². The van der Waals surface area contributed by atoms with Crippen LogP contribution in [0.15, 0.2) is 68.1 Å². The van der Waals surface area contributed by atoms with E-state index in [1.807, 2.05) is 36.4 Å². The Morgan fingerprint density at radius 2 is 1.78 bits per heavy atom. The maximum absolute atomic E-state index is 11.1. The quantitative estimate of drug-likeness (QED) is 0.500. The summed E-state index contributed by atoms with van der Waals surface area (Å²) in [6, 6.07) is 15.1. The van der Waals surface area contributed by atoms with Crippen molar-refractivity contribution in [1.29, 1.82) is 0 Å². The molecule has 0 spiro atoms. The fourth-order valence-corrected chi connectivity index (χ4v) is 3.94. The Balaban J connectivity index is 2.35. The van der Waals surface area contributed by atoms with Gasteiger partial charge in [-0.05, 0) is 30.3 Å². The summed E-state index contributed by atoms with van der Waals surface area (Å²) in [6.45, 7) is 0. The maximum Gasteiger partial charge on any atom is 0.186 e. The van der Waals surface area contributed by atoms with Crippen molar-refractivity contribution < 1.29 is 8.76 Å². The third kappa shape index (κ3) is 3.55. The lowest BCUT2D eigenvalue weighted by atomic mass is 10.4. The lowest BCUT2D eigenvalue weighted by molar-refractivity contribution is 0.564. The number of benzene rings is 2. The van der Waals surface area contributed by atoms with Crippen LogP contribution in [0, 0.1) is 0 Å². The highest BCUT2D eigenvalue weighted by atomic mass is 33.1. The molecule has 94 valence electrons. The van der Waals surface area contributed by atoms with Gasteiger partial charge in [-0.25, -0.2) is 4.21 Å². The minimum Gasteiger partial charge on any atom is -0.302 e. The molecule has 0 saturated carbocycles. The van der Waals surface area contributed by atoms with Gasteiger partial charge in [0.1, 0.15) is 0 Å². The highest BCUT2D eigenvalue weighted by molar-refractivity contribution is 8.68. The molecule has 2 nitrogen and oxygen atoms in total. The van der Waals surface area contributed by atoms with Crippen LogP contribution in [0.5, 0.6) is 0 Å². The normalized spacial score (nSPS) is 12.3. The molecule has 1 unspecified atom stereocenters. The molecule has 0 aromatic heterocycles. The van der Waals surface area contributed by atoms with Crippen molar-refractivity contribution in [2.24, 2.45) is 0 Å². The number of hydrogen-bond donors (Lipinski definition) is 2. The van der Waals surface area contributed by atoms with Crippen LogP contribution in [0.2, 0.25) is 0 Å². The van der Waals surface area contributed by atoms with Gasteiger partial charge in [-0.3, -0.25) is 0 Å². The minimum absolute atomic E-state index is 0.402. The first-order valence-corrected chi connectivity index (χ1v) is 8.79. The molecule has 0 bridgehead atoms. The summed E-state index contributed by atoms with van der Waals surface area (Å²) >= 11 is 3.80. The van der Waals surface area contributed by atoms with E-state index in [1.54, 1.807) is 23.9 Å². The molecule has 0 saturated heterocycles. The molecule has 2 aromatic rings. The van der Waals surface area contributed by atoms with E-state index in [4.69, 9.17) is 4.55 Å². The van der Waals surface area contributed by atoms with E-state index in [2.05, 4.69) is 11.7 Å². The van der Waals surface area contributed by atoms with Gasteiger partial charge in [0, 0.05) is 14.7 Å². The first-order chi connectivity index (χ1) is 8.70. The first-order valence-electron chi connectivity index (χ1n) is 5.00. The van der Waals surface area contributed by atoms with Crippen LogP contribution in [0.4, 0.5) is 0 Å². The Labute approximate surface area is 122 Å². The lowest BCUT2D eigenvalue weighted by Gasteiger charge is -2.07. The van der Waals surface area contributed by atoms with E-state index in [9.17, 15) is 4.21 Å². The van der Waals surface area contributed by atoms with Crippen LogP contribution < -0.4 is 0 Å². The van der Waals surface area contributed by atoms with Crippen molar-refractivity contribution in [2.45, 2.75) is 19.6 Å². The molecule has 6 heteroatoms. The molecular weight excluding hydrogens is 304 g/mol. The second-order valence-corrected chi connectivity index (χ2v) is 6.62. The molecule has 1 atom stereocenters. The molecule has 2 rings (SSSR count). The molecule has 0 heterocycles. The molecule has 0 fully saturated rings. The molecule has 18 heavy (non-hydrogen) atoms. The average molecular weight is 314 g/mol. The van der Waals surface area contributed by atoms with Crippen molar-refractivity contribution in [2.75, 3.05) is 0 Å². The predicted molar refractivity (Wildman–Crippen MR) is 80.9 cm³/mol. The van der Waals surface area contributed by atoms with Crippen LogP contribution in [0.3, 0.4) is 0 Å². The summed E-state index contributed by atoms with van der Waals surface area (Å²) in [5, 5.41) is 0. The average Bonchev–Trinajstić information content (AvgIpc) is 2.39. The minimum atomic E-state index is -1.96. The van der Waals surface area contributed by atoms with E-state index >= 15 is 0 Å². The monoisotopic (exact) mass is 314 g/mol. The summed E-state index contributed by atoms with van der Waals surface area (Å²) < 4.78 is 20.2. The zero-order chi connectivity index (χ0) is 13.0. The lowest BCUT2D eigenvalue weighted by Crippen LogP contribution is -1.89. The second kappa shape index (κ2) is 6.68. The molecule has 0 aliphatic carbocycles. The predicted octanol–water partition coefficient (Wildman–Crippen LogP) is 4.36. The topological polar surface area (TPSA) is 37.3 Å². The van der Waals surface area contributed by atoms with Gasteiger partial charge in [0.25, 0.3) is 0 Å². The summed E-state index contributed by atoms with van der Waals surface area (Å²) in [7, 11) is 1.33. The second-order valence-electron chi connectivity index (χ2n) is 3.36. The highest BCUT2D eigenvalue weighted by Gasteiger charge is 2.08. The Kier molecular flexibility index (Phi) is 5.20. The smallest absolute Gasteiger partial charge is 0.186 e. The van der Waals surface area contributed by atoms with Gasteiger partial charge in [0.2, 0.25) is 0 Å². The van der Waals surface area contributed by atoms with Crippen LogP contribution >= 0.6 is 34.2 Å². The molecule has 1 N–H and O–H groups in total. The number of hydrogen-bond acceptors (Lipinski definition) is 4. The molecule has 0 aliphatic rings. The molecule has 0 radical (unpaired) electrons. The van der Waals surface area contributed by atoms with Crippen molar-refractivity contribution in [3.63, 3.8) is 0 Å². The highest BCUT2D eigenvalue weighted by Crippen LogP contribution is 2.37. The van der Waals surface area contributed by atoms with Gasteiger partial charge < -0.3 is 4.55 Å². The third-order valence-corrected chi connectivity index (χ3v) is 5.18. The fourth-order valence-electron chi connectivity index (χ4n) is 1.37. The molecule has 2 aromatic carbocycles. The number of thiol groups is 1. The van der Waals surface area contributed by atoms with Gasteiger partial charge in [-0.2, -0.15) is 0 Å². The summed E-state index contributed by atoms with van der Waals surface area (Å²) in [5.41, 5.74) is 0. The molecule has 0 amide bonds. The molecule has 0 aliphatic heterocycles. The van der Waals surface area contributed by atoms with Crippen LogP contribution in [0.25, 0.3) is 0 Å². The molecular formula is C12H10O2S4. The summed E-state index contributed by atoms with van der Waals surface area (Å²) in [4.78, 5) is 3.39. The van der Waals surface area contributed by atoms with Crippen molar-refractivity contribution in [3.05, 3.63) is 48.5 Å². The van der Waals surface area contributed by atoms with Crippen molar-refractivity contribution in [1.82, 2.24) is 0 Å². The summed E-state index contributed by atoms with van der Waals surface area (Å²) in [5.74, 6) is 0. The van der Waals surface area contributed by atoms with Crippen LogP contribution in [-0.4, -0.2) is 8.76 Å². The number of rotatable bonds is 4. The maximum atomic E-state index is 11.1. The summed E-state index contributed by atoms with van der Waals surface area (Å²) in [6.07, 6.45) is 0. The van der Waals surface area contributed by atoms with Gasteiger partial charge >= 0.3 is 0 Å². The van der Waals surface area contributed by atoms with Crippen LogP contribution in [-0.2, 0) is 11.1 Å². The van der Waals surface area contributed by atoms with E-state index < -0.39 is 11.1 Å². The van der Waals surface area contributed by atoms with Crippen molar-refractivity contribution >= 4 is 45.3 Å². The fraction of sp³-hybridized carbons (Fsp3) is 0. The van der Waals surface area contributed by atoms with E-state index in [-0.39, 0.29) is 0 Å². The van der Waals surface area contributed by atoms with Gasteiger partial charge in [-0.1, -0.05) is 40.8 Å². The van der Waals surface area contributed by atoms with Gasteiger partial charge in [0.15, 0.2) is 11.1 Å². The Hall–Kier alpha value is -0.400. The van der Waals surface area contributed by atoms with Gasteiger partial charge in [-0.15, -0.1) is 11.7 Å². The third-order valence-electron chi connectivity index (χ3n) is 2.19. The van der Waals surface area contributed by atoms with E-state index in [0.29, 0.717) is 4.90 Å². The van der Waals surface area contributed by atoms with E-state index in [1.165, 1.54) is 10.8 Å². The van der Waals surface area contributed by atoms with E-state index in [0.717, 1.165) is 14.7 Å². The Morgan fingerprint density at radius 3 is 2.39 bits per heavy atom.